The maximum absolute atomic E-state index is 4.26. The van der Waals surface area contributed by atoms with Gasteiger partial charge in [0.2, 0.25) is 0 Å². The number of nitrogens with one attached hydrogen (secondary N) is 1. The molecule has 0 fully saturated rings. The highest BCUT2D eigenvalue weighted by atomic mass is 32.2. The summed E-state index contributed by atoms with van der Waals surface area (Å²) in [5.41, 5.74) is 1.02. The van der Waals surface area contributed by atoms with Crippen molar-refractivity contribution in [3.05, 3.63) is 24.3 Å². The van der Waals surface area contributed by atoms with Crippen molar-refractivity contribution >= 4 is 11.8 Å². The second-order valence-corrected chi connectivity index (χ2v) is 3.95. The van der Waals surface area contributed by atoms with Gasteiger partial charge in [-0.1, -0.05) is 6.92 Å². The van der Waals surface area contributed by atoms with Gasteiger partial charge in [0.25, 0.3) is 0 Å². The molecule has 1 heterocycles. The number of thioether (sulfide) groups is 1. The van der Waals surface area contributed by atoms with E-state index in [2.05, 4.69) is 22.2 Å². The van der Waals surface area contributed by atoms with Gasteiger partial charge in [-0.15, -0.1) is 0 Å². The third kappa shape index (κ3) is 3.32. The lowest BCUT2D eigenvalue weighted by atomic mass is 10.2. The van der Waals surface area contributed by atoms with Crippen LogP contribution in [0.2, 0.25) is 0 Å². The molecule has 0 aliphatic carbocycles. The number of aromatic nitrogens is 2. The summed E-state index contributed by atoms with van der Waals surface area (Å²) in [5, 5.41) is 3.23. The molecule has 13 heavy (non-hydrogen) atoms. The minimum atomic E-state index is 0.318. The van der Waals surface area contributed by atoms with Crippen molar-refractivity contribution in [3.8, 4) is 0 Å². The van der Waals surface area contributed by atoms with E-state index in [1.165, 1.54) is 0 Å². The molecule has 1 aromatic rings. The van der Waals surface area contributed by atoms with Crippen LogP contribution in [0.15, 0.2) is 18.6 Å². The fraction of sp³-hybridized carbons (Fsp3) is 0.556. The van der Waals surface area contributed by atoms with Gasteiger partial charge in [0, 0.05) is 24.3 Å². The Morgan fingerprint density at radius 3 is 2.92 bits per heavy atom. The topological polar surface area (TPSA) is 37.8 Å². The first-order chi connectivity index (χ1) is 6.38. The van der Waals surface area contributed by atoms with E-state index in [1.807, 2.05) is 25.0 Å². The summed E-state index contributed by atoms with van der Waals surface area (Å²) >= 11 is 1.91. The molecule has 0 amide bonds. The molecule has 0 spiro atoms. The number of nitrogens with zero attached hydrogens (tertiary/aromatic N) is 2. The smallest absolute Gasteiger partial charge is 0.0764 e. The van der Waals surface area contributed by atoms with Crippen molar-refractivity contribution in [2.45, 2.75) is 13.0 Å². The standard InChI is InChI=1S/C9H15N3S/c1-3-13-7-9(10-2)8-6-11-4-5-12-8/h4-6,9-10H,3,7H2,1-2H3. The van der Waals surface area contributed by atoms with Crippen molar-refractivity contribution in [1.29, 1.82) is 0 Å². The first kappa shape index (κ1) is 10.5. The molecule has 0 saturated heterocycles. The Hall–Kier alpha value is -0.610. The Kier molecular flexibility index (Phi) is 4.78. The first-order valence-electron chi connectivity index (χ1n) is 4.39. The van der Waals surface area contributed by atoms with Crippen LogP contribution in [0, 0.1) is 0 Å². The van der Waals surface area contributed by atoms with Gasteiger partial charge in [-0.25, -0.2) is 0 Å². The molecule has 1 N–H and O–H groups in total. The van der Waals surface area contributed by atoms with Crippen LogP contribution >= 0.6 is 11.8 Å². The summed E-state index contributed by atoms with van der Waals surface area (Å²) in [6.07, 6.45) is 5.25. The molecule has 0 radical (unpaired) electrons. The van der Waals surface area contributed by atoms with E-state index in [0.29, 0.717) is 6.04 Å². The fourth-order valence-corrected chi connectivity index (χ4v) is 1.85. The molecule has 3 nitrogen and oxygen atoms in total. The van der Waals surface area contributed by atoms with Gasteiger partial charge in [0.05, 0.1) is 11.7 Å². The van der Waals surface area contributed by atoms with Crippen LogP contribution in [0.3, 0.4) is 0 Å². The SMILES string of the molecule is CCSCC(NC)c1cnccn1. The Balaban J connectivity index is 2.56. The summed E-state index contributed by atoms with van der Waals surface area (Å²) in [6, 6.07) is 0.318. The van der Waals surface area contributed by atoms with Gasteiger partial charge in [0.15, 0.2) is 0 Å². The van der Waals surface area contributed by atoms with Crippen LogP contribution in [0.1, 0.15) is 18.7 Å². The zero-order valence-corrected chi connectivity index (χ0v) is 8.84. The third-order valence-corrected chi connectivity index (χ3v) is 2.75. The zero-order valence-electron chi connectivity index (χ0n) is 8.03. The molecule has 1 unspecified atom stereocenters. The van der Waals surface area contributed by atoms with Crippen molar-refractivity contribution in [2.24, 2.45) is 0 Å². The molecule has 1 atom stereocenters. The van der Waals surface area contributed by atoms with E-state index in [4.69, 9.17) is 0 Å². The van der Waals surface area contributed by atoms with Gasteiger partial charge in [-0.2, -0.15) is 11.8 Å². The largest absolute Gasteiger partial charge is 0.311 e. The fourth-order valence-electron chi connectivity index (χ4n) is 1.04. The lowest BCUT2D eigenvalue weighted by Crippen LogP contribution is -2.20. The van der Waals surface area contributed by atoms with Crippen molar-refractivity contribution in [2.75, 3.05) is 18.6 Å². The summed E-state index contributed by atoms with van der Waals surface area (Å²) in [7, 11) is 1.95. The first-order valence-corrected chi connectivity index (χ1v) is 5.54. The van der Waals surface area contributed by atoms with Crippen LogP contribution < -0.4 is 5.32 Å². The number of hydrogen-bond donors (Lipinski definition) is 1. The Labute approximate surface area is 83.4 Å². The van der Waals surface area contributed by atoms with E-state index in [-0.39, 0.29) is 0 Å². The monoisotopic (exact) mass is 197 g/mol. The summed E-state index contributed by atoms with van der Waals surface area (Å²) in [6.45, 7) is 2.16. The van der Waals surface area contributed by atoms with Gasteiger partial charge < -0.3 is 5.32 Å². The van der Waals surface area contributed by atoms with Gasteiger partial charge >= 0.3 is 0 Å². The minimum absolute atomic E-state index is 0.318. The molecule has 4 heteroatoms. The average Bonchev–Trinajstić information content (AvgIpc) is 2.21. The maximum Gasteiger partial charge on any atom is 0.0764 e. The van der Waals surface area contributed by atoms with E-state index in [9.17, 15) is 0 Å². The molecule has 0 saturated carbocycles. The van der Waals surface area contributed by atoms with Crippen molar-refractivity contribution < 1.29 is 0 Å². The number of rotatable bonds is 5. The van der Waals surface area contributed by atoms with Crippen LogP contribution in [0.25, 0.3) is 0 Å². The van der Waals surface area contributed by atoms with Gasteiger partial charge in [-0.05, 0) is 12.8 Å². The van der Waals surface area contributed by atoms with Crippen LogP contribution in [0.5, 0.6) is 0 Å². The molecule has 0 aliphatic rings. The summed E-state index contributed by atoms with van der Waals surface area (Å²) in [4.78, 5) is 8.31. The van der Waals surface area contributed by atoms with Crippen LogP contribution in [-0.2, 0) is 0 Å². The molecular formula is C9H15N3S. The van der Waals surface area contributed by atoms with Crippen molar-refractivity contribution in [3.63, 3.8) is 0 Å². The molecule has 0 bridgehead atoms. The predicted octanol–water partition coefficient (Wildman–Crippen LogP) is 1.49. The normalized spacial score (nSPS) is 12.8. The maximum atomic E-state index is 4.26. The summed E-state index contributed by atoms with van der Waals surface area (Å²) in [5.74, 6) is 2.18. The van der Waals surface area contributed by atoms with Crippen molar-refractivity contribution in [1.82, 2.24) is 15.3 Å². The molecule has 72 valence electrons. The zero-order chi connectivity index (χ0) is 9.52. The van der Waals surface area contributed by atoms with Gasteiger partial charge in [0.1, 0.15) is 0 Å². The Bertz CT molecular complexity index is 228. The van der Waals surface area contributed by atoms with E-state index in [1.54, 1.807) is 12.4 Å². The van der Waals surface area contributed by atoms with E-state index < -0.39 is 0 Å². The Morgan fingerprint density at radius 1 is 1.54 bits per heavy atom. The lowest BCUT2D eigenvalue weighted by Gasteiger charge is -2.13. The number of hydrogen-bond acceptors (Lipinski definition) is 4. The van der Waals surface area contributed by atoms with Crippen LogP contribution in [0.4, 0.5) is 0 Å². The average molecular weight is 197 g/mol. The predicted molar refractivity (Wildman–Crippen MR) is 56.8 cm³/mol. The molecule has 0 aromatic carbocycles. The lowest BCUT2D eigenvalue weighted by molar-refractivity contribution is 0.638. The Morgan fingerprint density at radius 2 is 2.38 bits per heavy atom. The second-order valence-electron chi connectivity index (χ2n) is 2.63. The highest BCUT2D eigenvalue weighted by molar-refractivity contribution is 7.99. The third-order valence-electron chi connectivity index (χ3n) is 1.78. The quantitative estimate of drug-likeness (QED) is 0.776. The van der Waals surface area contributed by atoms with E-state index in [0.717, 1.165) is 17.2 Å². The van der Waals surface area contributed by atoms with Gasteiger partial charge in [-0.3, -0.25) is 9.97 Å². The van der Waals surface area contributed by atoms with Crippen LogP contribution in [-0.4, -0.2) is 28.5 Å². The molecule has 0 aliphatic heterocycles. The minimum Gasteiger partial charge on any atom is -0.311 e. The second kappa shape index (κ2) is 5.94. The van der Waals surface area contributed by atoms with E-state index >= 15 is 0 Å². The highest BCUT2D eigenvalue weighted by Crippen LogP contribution is 2.14. The molecular weight excluding hydrogens is 182 g/mol. The molecule has 1 aromatic heterocycles. The highest BCUT2D eigenvalue weighted by Gasteiger charge is 2.09. The molecule has 1 rings (SSSR count). The summed E-state index contributed by atoms with van der Waals surface area (Å²) < 4.78 is 0.